The van der Waals surface area contributed by atoms with Crippen molar-refractivity contribution in [1.82, 2.24) is 4.98 Å². The molecule has 1 heterocycles. The molecule has 0 spiro atoms. The molecule has 0 aliphatic heterocycles. The van der Waals surface area contributed by atoms with Crippen molar-refractivity contribution in [3.63, 3.8) is 0 Å². The van der Waals surface area contributed by atoms with Gasteiger partial charge in [0.05, 0.1) is 5.69 Å². The minimum atomic E-state index is 0.131. The first-order valence-corrected chi connectivity index (χ1v) is 16.0. The molecule has 1 nitrogen and oxygen atoms in total. The number of nitrogens with zero attached hydrogens (tertiary/aromatic N) is 1. The molecule has 5 aromatic rings. The fraction of sp³-hybridized carbons (Fsp3) is 0.310. The molecule has 2 aliphatic rings. The largest absolute Gasteiger partial charge is 0.256 e. The van der Waals surface area contributed by atoms with Crippen LogP contribution in [0.2, 0.25) is 0 Å². The fourth-order valence-electron chi connectivity index (χ4n) is 7.19. The standard InChI is InChI=1S/C42H43N/c1-41(2,3)36-16-12-27(13-17-36)33-22-34(28-14-18-37(19-15-28)42(4,5)6)24-35(23-33)29-8-7-9-32(20-29)40-25-38-30-10-11-31(21-30)39(38)26-43-40/h7-9,12-20,22-26,30-31H,10-11,21H2,1-6H3. The lowest BCUT2D eigenvalue weighted by Gasteiger charge is -2.20. The molecule has 2 aliphatic carbocycles. The first kappa shape index (κ1) is 27.8. The molecule has 0 N–H and O–H groups in total. The van der Waals surface area contributed by atoms with Crippen LogP contribution < -0.4 is 0 Å². The summed E-state index contributed by atoms with van der Waals surface area (Å²) in [4.78, 5) is 4.96. The van der Waals surface area contributed by atoms with E-state index in [1.807, 2.05) is 0 Å². The summed E-state index contributed by atoms with van der Waals surface area (Å²) in [6, 6.07) is 36.7. The maximum absolute atomic E-state index is 4.96. The van der Waals surface area contributed by atoms with E-state index in [1.54, 1.807) is 5.56 Å². The molecule has 1 saturated carbocycles. The average Bonchev–Trinajstić information content (AvgIpc) is 3.63. The van der Waals surface area contributed by atoms with E-state index in [1.165, 1.54) is 74.9 Å². The average molecular weight is 562 g/mol. The molecule has 2 unspecified atom stereocenters. The molecule has 0 radical (unpaired) electrons. The number of rotatable bonds is 4. The van der Waals surface area contributed by atoms with Crippen LogP contribution in [-0.2, 0) is 10.8 Å². The van der Waals surface area contributed by atoms with Gasteiger partial charge < -0.3 is 0 Å². The van der Waals surface area contributed by atoms with E-state index >= 15 is 0 Å². The van der Waals surface area contributed by atoms with Crippen molar-refractivity contribution in [3.8, 4) is 44.6 Å². The van der Waals surface area contributed by atoms with Crippen LogP contribution in [0.3, 0.4) is 0 Å². The molecule has 1 fully saturated rings. The van der Waals surface area contributed by atoms with Gasteiger partial charge in [0.25, 0.3) is 0 Å². The Morgan fingerprint density at radius 3 is 1.49 bits per heavy atom. The SMILES string of the molecule is CC(C)(C)c1ccc(-c2cc(-c3ccc(C(C)(C)C)cc3)cc(-c3cccc(-c4cc5c(cn4)C4CCC5C4)c3)c2)cc1. The predicted octanol–water partition coefficient (Wildman–Crippen LogP) is 11.7. The van der Waals surface area contributed by atoms with Crippen molar-refractivity contribution in [1.29, 1.82) is 0 Å². The third kappa shape index (κ3) is 5.35. The summed E-state index contributed by atoms with van der Waals surface area (Å²) in [5, 5.41) is 0. The maximum Gasteiger partial charge on any atom is 0.0705 e. The van der Waals surface area contributed by atoms with Crippen molar-refractivity contribution in [2.45, 2.75) is 83.5 Å². The quantitative estimate of drug-likeness (QED) is 0.213. The van der Waals surface area contributed by atoms with Gasteiger partial charge in [0, 0.05) is 11.8 Å². The molecule has 4 aromatic carbocycles. The Balaban J connectivity index is 1.31. The monoisotopic (exact) mass is 561 g/mol. The summed E-state index contributed by atoms with van der Waals surface area (Å²) < 4.78 is 0. The Morgan fingerprint density at radius 1 is 0.488 bits per heavy atom. The minimum Gasteiger partial charge on any atom is -0.256 e. The van der Waals surface area contributed by atoms with Crippen LogP contribution in [0.4, 0.5) is 0 Å². The van der Waals surface area contributed by atoms with E-state index in [-0.39, 0.29) is 10.8 Å². The highest BCUT2D eigenvalue weighted by Gasteiger charge is 2.37. The lowest BCUT2D eigenvalue weighted by Crippen LogP contribution is -2.10. The summed E-state index contributed by atoms with van der Waals surface area (Å²) in [5.41, 5.74) is 15.7. The van der Waals surface area contributed by atoms with Gasteiger partial charge in [0.15, 0.2) is 0 Å². The Hall–Kier alpha value is -3.97. The number of fused-ring (bicyclic) bond motifs is 5. The molecule has 216 valence electrons. The van der Waals surface area contributed by atoms with E-state index in [0.717, 1.165) is 17.5 Å². The first-order valence-electron chi connectivity index (χ1n) is 16.0. The molecule has 2 atom stereocenters. The van der Waals surface area contributed by atoms with Gasteiger partial charge >= 0.3 is 0 Å². The van der Waals surface area contributed by atoms with Gasteiger partial charge in [-0.15, -0.1) is 0 Å². The number of hydrogen-bond donors (Lipinski definition) is 0. The Bertz CT molecular complexity index is 1720. The van der Waals surface area contributed by atoms with Crippen LogP contribution in [0.5, 0.6) is 0 Å². The van der Waals surface area contributed by atoms with Gasteiger partial charge in [0.1, 0.15) is 0 Å². The van der Waals surface area contributed by atoms with Crippen LogP contribution in [0.15, 0.2) is 103 Å². The lowest BCUT2D eigenvalue weighted by molar-refractivity contribution is 0.590. The van der Waals surface area contributed by atoms with Crippen LogP contribution >= 0.6 is 0 Å². The molecule has 2 bridgehead atoms. The van der Waals surface area contributed by atoms with Crippen LogP contribution in [0.25, 0.3) is 44.6 Å². The number of pyridine rings is 1. The van der Waals surface area contributed by atoms with Crippen molar-refractivity contribution < 1.29 is 0 Å². The zero-order valence-corrected chi connectivity index (χ0v) is 26.5. The minimum absolute atomic E-state index is 0.131. The molecular weight excluding hydrogens is 518 g/mol. The number of hydrogen-bond acceptors (Lipinski definition) is 1. The molecule has 0 saturated heterocycles. The first-order chi connectivity index (χ1) is 20.5. The summed E-state index contributed by atoms with van der Waals surface area (Å²) in [6.45, 7) is 13.6. The van der Waals surface area contributed by atoms with E-state index in [9.17, 15) is 0 Å². The Labute approximate surface area is 258 Å². The second-order valence-corrected chi connectivity index (χ2v) is 14.9. The summed E-state index contributed by atoms with van der Waals surface area (Å²) in [6.07, 6.45) is 6.17. The maximum atomic E-state index is 4.96. The van der Waals surface area contributed by atoms with Crippen LogP contribution in [-0.4, -0.2) is 4.98 Å². The van der Waals surface area contributed by atoms with Crippen LogP contribution in [0.1, 0.15) is 94.9 Å². The van der Waals surface area contributed by atoms with Gasteiger partial charge in [-0.2, -0.15) is 0 Å². The molecular formula is C42H43N. The third-order valence-electron chi connectivity index (χ3n) is 9.87. The molecule has 43 heavy (non-hydrogen) atoms. The highest BCUT2D eigenvalue weighted by atomic mass is 14.7. The van der Waals surface area contributed by atoms with Gasteiger partial charge in [-0.05, 0) is 128 Å². The van der Waals surface area contributed by atoms with E-state index in [0.29, 0.717) is 0 Å². The van der Waals surface area contributed by atoms with Crippen LogP contribution in [0, 0.1) is 0 Å². The van der Waals surface area contributed by atoms with Crippen molar-refractivity contribution in [3.05, 3.63) is 126 Å². The second kappa shape index (κ2) is 10.3. The normalized spacial score (nSPS) is 17.7. The predicted molar refractivity (Wildman–Crippen MR) is 183 cm³/mol. The topological polar surface area (TPSA) is 12.9 Å². The molecule has 1 heteroatoms. The molecule has 7 rings (SSSR count). The zero-order chi connectivity index (χ0) is 29.9. The summed E-state index contributed by atoms with van der Waals surface area (Å²) in [7, 11) is 0. The molecule has 0 amide bonds. The molecule has 1 aromatic heterocycles. The third-order valence-corrected chi connectivity index (χ3v) is 9.87. The van der Waals surface area contributed by atoms with Gasteiger partial charge in [-0.3, -0.25) is 4.98 Å². The van der Waals surface area contributed by atoms with Gasteiger partial charge in [-0.25, -0.2) is 0 Å². The fourth-order valence-corrected chi connectivity index (χ4v) is 7.19. The van der Waals surface area contributed by atoms with Crippen molar-refractivity contribution >= 4 is 0 Å². The summed E-state index contributed by atoms with van der Waals surface area (Å²) in [5.74, 6) is 1.47. The Kier molecular flexibility index (Phi) is 6.69. The Morgan fingerprint density at radius 2 is 0.953 bits per heavy atom. The second-order valence-electron chi connectivity index (χ2n) is 14.9. The summed E-state index contributed by atoms with van der Waals surface area (Å²) >= 11 is 0. The van der Waals surface area contributed by atoms with Crippen molar-refractivity contribution in [2.75, 3.05) is 0 Å². The van der Waals surface area contributed by atoms with Gasteiger partial charge in [0.2, 0.25) is 0 Å². The van der Waals surface area contributed by atoms with E-state index in [4.69, 9.17) is 4.98 Å². The highest BCUT2D eigenvalue weighted by molar-refractivity contribution is 5.82. The van der Waals surface area contributed by atoms with E-state index < -0.39 is 0 Å². The number of aromatic nitrogens is 1. The number of benzene rings is 4. The zero-order valence-electron chi connectivity index (χ0n) is 26.5. The lowest BCUT2D eigenvalue weighted by atomic mass is 9.85. The van der Waals surface area contributed by atoms with E-state index in [2.05, 4.69) is 145 Å². The highest BCUT2D eigenvalue weighted by Crippen LogP contribution is 2.53. The van der Waals surface area contributed by atoms with Gasteiger partial charge in [-0.1, -0.05) is 108 Å². The smallest absolute Gasteiger partial charge is 0.0705 e. The van der Waals surface area contributed by atoms with Crippen molar-refractivity contribution in [2.24, 2.45) is 0 Å².